The first-order valence-corrected chi connectivity index (χ1v) is 2.98. The van der Waals surface area contributed by atoms with Gasteiger partial charge in [0.25, 0.3) is 0 Å². The summed E-state index contributed by atoms with van der Waals surface area (Å²) in [7, 11) is -0.254. The number of carbonyl (C=O) groups excluding carboxylic acids is 1. The fourth-order valence-electron chi connectivity index (χ4n) is 0.990. The van der Waals surface area contributed by atoms with E-state index in [0.717, 1.165) is 4.90 Å². The first-order chi connectivity index (χ1) is 5.16. The van der Waals surface area contributed by atoms with Crippen LogP contribution in [0.2, 0.25) is 0 Å². The van der Waals surface area contributed by atoms with Gasteiger partial charge in [0, 0.05) is 14.8 Å². The van der Waals surface area contributed by atoms with Crippen molar-refractivity contribution in [3.05, 3.63) is 0 Å². The van der Waals surface area contributed by atoms with E-state index in [0.29, 0.717) is 6.42 Å². The first kappa shape index (κ1) is 5.70. The molecule has 56 valence electrons. The number of aliphatic carboxylic acids is 1. The summed E-state index contributed by atoms with van der Waals surface area (Å²) in [5.74, 6) is -1.24. The lowest BCUT2D eigenvalue weighted by Crippen LogP contribution is -2.34. The normalized spacial score (nSPS) is 26.8. The number of likely N-dealkylation sites (tertiary alicyclic amines) is 1. The Balaban J connectivity index is 2.68. The van der Waals surface area contributed by atoms with Gasteiger partial charge in [-0.05, 0) is 6.42 Å². The Morgan fingerprint density at radius 3 is 3.10 bits per heavy atom. The van der Waals surface area contributed by atoms with Gasteiger partial charge < -0.3 is 10.0 Å². The van der Waals surface area contributed by atoms with E-state index in [9.17, 15) is 9.59 Å². The van der Waals surface area contributed by atoms with E-state index in [-0.39, 0.29) is 19.4 Å². The van der Waals surface area contributed by atoms with E-state index in [4.69, 9.17) is 6.48 Å². The highest BCUT2D eigenvalue weighted by Crippen LogP contribution is 2.15. The molecular formula is C6H9NO3. The molecule has 4 heteroatoms. The summed E-state index contributed by atoms with van der Waals surface area (Å²) in [6, 6.07) is -0.764. The van der Waals surface area contributed by atoms with Gasteiger partial charge in [0.2, 0.25) is 5.91 Å². The van der Waals surface area contributed by atoms with Crippen molar-refractivity contribution in [3.63, 3.8) is 0 Å². The van der Waals surface area contributed by atoms with Crippen molar-refractivity contribution in [2.24, 2.45) is 0 Å². The standard InChI is InChI=1S/C6H9NO3/c1-7-4(6(9)10)2-3-5(7)8/h4H,2-3H2,1H3,(H,9,10)/t4-/m0/s1/i1D. The van der Waals surface area contributed by atoms with Gasteiger partial charge in [0.05, 0.1) is 0 Å². The van der Waals surface area contributed by atoms with Crippen LogP contribution in [-0.4, -0.2) is 34.9 Å². The van der Waals surface area contributed by atoms with Crippen molar-refractivity contribution in [2.75, 3.05) is 7.02 Å². The number of hydrogen-bond donors (Lipinski definition) is 1. The van der Waals surface area contributed by atoms with E-state index >= 15 is 0 Å². The van der Waals surface area contributed by atoms with Crippen LogP contribution >= 0.6 is 0 Å². The van der Waals surface area contributed by atoms with Gasteiger partial charge in [-0.3, -0.25) is 4.79 Å². The minimum Gasteiger partial charge on any atom is -0.480 e. The summed E-state index contributed by atoms with van der Waals surface area (Å²) in [4.78, 5) is 22.4. The van der Waals surface area contributed by atoms with Crippen molar-refractivity contribution in [1.29, 1.82) is 0 Å². The Bertz CT molecular complexity index is 194. The second kappa shape index (κ2) is 2.28. The molecule has 1 rings (SSSR count). The molecule has 1 saturated heterocycles. The molecule has 0 aromatic heterocycles. The SMILES string of the molecule is [2H]CN1C(=O)CC[C@H]1C(=O)O. The van der Waals surface area contributed by atoms with Crippen LogP contribution in [0.4, 0.5) is 0 Å². The molecule has 0 unspecified atom stereocenters. The number of carbonyl (C=O) groups is 2. The van der Waals surface area contributed by atoms with E-state index in [1.54, 1.807) is 0 Å². The Hall–Kier alpha value is -1.06. The Morgan fingerprint density at radius 2 is 2.70 bits per heavy atom. The topological polar surface area (TPSA) is 57.6 Å². The molecule has 4 nitrogen and oxygen atoms in total. The molecule has 1 fully saturated rings. The molecule has 0 saturated carbocycles. The molecule has 1 amide bonds. The fraction of sp³-hybridized carbons (Fsp3) is 0.667. The second-order valence-corrected chi connectivity index (χ2v) is 2.26. The summed E-state index contributed by atoms with van der Waals surface area (Å²) in [6.07, 6.45) is 0.600. The fourth-order valence-corrected chi connectivity index (χ4v) is 0.990. The highest BCUT2D eigenvalue weighted by molar-refractivity contribution is 5.87. The Morgan fingerprint density at radius 1 is 2.00 bits per heavy atom. The van der Waals surface area contributed by atoms with Crippen molar-refractivity contribution in [3.8, 4) is 0 Å². The quantitative estimate of drug-likeness (QED) is 0.549. The van der Waals surface area contributed by atoms with Crippen LogP contribution < -0.4 is 0 Å². The number of hydrogen-bond acceptors (Lipinski definition) is 2. The van der Waals surface area contributed by atoms with Crippen LogP contribution in [0.25, 0.3) is 0 Å². The van der Waals surface area contributed by atoms with Gasteiger partial charge in [0.15, 0.2) is 0 Å². The lowest BCUT2D eigenvalue weighted by molar-refractivity contribution is -0.145. The van der Waals surface area contributed by atoms with Crippen molar-refractivity contribution in [1.82, 2.24) is 4.90 Å². The van der Waals surface area contributed by atoms with Gasteiger partial charge in [0.1, 0.15) is 6.04 Å². The maximum Gasteiger partial charge on any atom is 0.326 e. The van der Waals surface area contributed by atoms with E-state index in [2.05, 4.69) is 0 Å². The Kier molecular flexibility index (Phi) is 1.30. The summed E-state index contributed by atoms with van der Waals surface area (Å²) >= 11 is 0. The molecule has 0 aromatic rings. The average Bonchev–Trinajstić information content (AvgIpc) is 2.30. The Labute approximate surface area is 59.8 Å². The van der Waals surface area contributed by atoms with E-state index < -0.39 is 12.0 Å². The predicted octanol–water partition coefficient (Wildman–Crippen LogP) is -0.308. The highest BCUT2D eigenvalue weighted by Gasteiger charge is 2.32. The molecule has 0 aromatic carbocycles. The summed E-state index contributed by atoms with van der Waals surface area (Å²) in [6.45, 7) is 0. The zero-order valence-corrected chi connectivity index (χ0v) is 5.41. The summed E-state index contributed by atoms with van der Waals surface area (Å²) < 4.78 is 6.90. The molecule has 1 atom stereocenters. The van der Waals surface area contributed by atoms with Crippen molar-refractivity contribution >= 4 is 11.9 Å². The number of carboxylic acid groups (broad SMARTS) is 1. The average molecular weight is 144 g/mol. The molecule has 1 aliphatic heterocycles. The molecular weight excluding hydrogens is 134 g/mol. The van der Waals surface area contributed by atoms with Crippen molar-refractivity contribution < 1.29 is 16.1 Å². The maximum atomic E-state index is 10.9. The van der Waals surface area contributed by atoms with Crippen molar-refractivity contribution in [2.45, 2.75) is 18.9 Å². The molecule has 0 bridgehead atoms. The molecule has 1 heterocycles. The minimum absolute atomic E-state index is 0.229. The third kappa shape index (κ3) is 0.964. The molecule has 1 N–H and O–H groups in total. The second-order valence-electron chi connectivity index (χ2n) is 2.26. The molecule has 0 aliphatic carbocycles. The molecule has 0 radical (unpaired) electrons. The zero-order valence-electron chi connectivity index (χ0n) is 6.41. The largest absolute Gasteiger partial charge is 0.480 e. The molecule has 10 heavy (non-hydrogen) atoms. The van der Waals surface area contributed by atoms with Crippen LogP contribution in [0.3, 0.4) is 0 Å². The van der Waals surface area contributed by atoms with Crippen LogP contribution in [0, 0.1) is 0 Å². The van der Waals surface area contributed by atoms with Crippen LogP contribution in [0.5, 0.6) is 0 Å². The third-order valence-electron chi connectivity index (χ3n) is 1.61. The molecule has 0 spiro atoms. The van der Waals surface area contributed by atoms with Gasteiger partial charge in [-0.2, -0.15) is 0 Å². The minimum atomic E-state index is -1.01. The molecule has 1 aliphatic rings. The van der Waals surface area contributed by atoms with E-state index in [1.165, 1.54) is 0 Å². The highest BCUT2D eigenvalue weighted by atomic mass is 16.4. The third-order valence-corrected chi connectivity index (χ3v) is 1.61. The van der Waals surface area contributed by atoms with Crippen LogP contribution in [0.15, 0.2) is 0 Å². The first-order valence-electron chi connectivity index (χ1n) is 3.69. The number of amides is 1. The van der Waals surface area contributed by atoms with Crippen LogP contribution in [0.1, 0.15) is 14.2 Å². The van der Waals surface area contributed by atoms with Gasteiger partial charge in [-0.25, -0.2) is 4.79 Å². The number of rotatable bonds is 1. The predicted molar refractivity (Wildman–Crippen MR) is 33.4 cm³/mol. The summed E-state index contributed by atoms with van der Waals surface area (Å²) in [5, 5.41) is 8.56. The van der Waals surface area contributed by atoms with Gasteiger partial charge >= 0.3 is 5.97 Å². The maximum absolute atomic E-state index is 10.9. The summed E-state index contributed by atoms with van der Waals surface area (Å²) in [5.41, 5.74) is 0. The lowest BCUT2D eigenvalue weighted by atomic mass is 10.2. The van der Waals surface area contributed by atoms with Gasteiger partial charge in [-0.1, -0.05) is 0 Å². The monoisotopic (exact) mass is 144 g/mol. The number of nitrogens with zero attached hydrogens (tertiary/aromatic N) is 1. The number of carboxylic acids is 1. The smallest absolute Gasteiger partial charge is 0.326 e. The van der Waals surface area contributed by atoms with E-state index in [1.807, 2.05) is 0 Å². The van der Waals surface area contributed by atoms with Gasteiger partial charge in [-0.15, -0.1) is 0 Å². The lowest BCUT2D eigenvalue weighted by Gasteiger charge is -2.14. The number of likely N-dealkylation sites (N-methyl/N-ethyl adjacent to an activating group) is 1. The van der Waals surface area contributed by atoms with Crippen LogP contribution in [-0.2, 0) is 9.59 Å². The zero-order chi connectivity index (χ0) is 8.43.